The topological polar surface area (TPSA) is 78.9 Å². The van der Waals surface area contributed by atoms with Gasteiger partial charge in [-0.1, -0.05) is 212 Å². The molecule has 404 valence electrons. The first-order chi connectivity index (χ1) is 36.4. The highest BCUT2D eigenvalue weighted by Crippen LogP contribution is 2.27. The van der Waals surface area contributed by atoms with Crippen LogP contribution >= 0.6 is 0 Å². The summed E-state index contributed by atoms with van der Waals surface area (Å²) in [6.07, 6.45) is 72.9. The number of benzene rings is 2. The number of carbonyl (C=O) groups excluding carboxylic acids is 3. The zero-order valence-corrected chi connectivity index (χ0v) is 46.3. The van der Waals surface area contributed by atoms with E-state index in [-0.39, 0.29) is 17.9 Å². The number of hydrogen-bond acceptors (Lipinski definition) is 6. The Kier molecular flexibility index (Phi) is 41.9. The maximum Gasteiger partial charge on any atom is 0.311 e. The van der Waals surface area contributed by atoms with Crippen molar-refractivity contribution >= 4 is 30.1 Å². The number of allylic oxidation sites excluding steroid dienone is 18. The number of unbranched alkanes of at least 4 members (excludes halogenated alkanes) is 15. The lowest BCUT2D eigenvalue weighted by atomic mass is 10.1. The van der Waals surface area contributed by atoms with Crippen LogP contribution in [0.4, 0.5) is 0 Å². The van der Waals surface area contributed by atoms with Crippen molar-refractivity contribution < 1.29 is 28.6 Å². The average molecular weight is 1010 g/mol. The lowest BCUT2D eigenvalue weighted by Crippen LogP contribution is -2.10. The first kappa shape index (κ1) is 64.4. The Balaban J connectivity index is 1.84. The summed E-state index contributed by atoms with van der Waals surface area (Å²) in [4.78, 5) is 38.6. The summed E-state index contributed by atoms with van der Waals surface area (Å²) in [5, 5.41) is 0. The fraction of sp³-hybridized carbons (Fsp3) is 0.485. The summed E-state index contributed by atoms with van der Waals surface area (Å²) in [5.41, 5.74) is 1.63. The van der Waals surface area contributed by atoms with E-state index >= 15 is 0 Å². The number of ether oxygens (including phenoxy) is 3. The van der Waals surface area contributed by atoms with Crippen LogP contribution in [-0.2, 0) is 14.4 Å². The Labute approximate surface area is 450 Å². The van der Waals surface area contributed by atoms with Gasteiger partial charge in [0.2, 0.25) is 0 Å². The molecule has 0 amide bonds. The molecule has 0 bridgehead atoms. The second-order valence-corrected chi connectivity index (χ2v) is 18.9. The standard InChI is InChI=1S/C68H96O6/c1-4-7-10-13-16-19-22-25-28-31-34-37-40-43-46-49-66(69)72-63-56-54-61(55-57-63)52-53-62-58-64(73-67(70)50-47-44-41-38-35-32-29-26-23-20-17-14-11-8-5-2)60-65(59-62)74-68(71)51-48-45-42-39-36-33-30-27-24-21-18-15-12-9-6-3/h7-12,16-21,25-30,52-60H,4-6,13-15,22-24,31-51H2,1-3H3/b10-7-,11-8-,12-9-,19-16-,20-17-,21-18-,28-25-,29-26-,30-27-,53-52+. The molecule has 2 rings (SSSR count). The van der Waals surface area contributed by atoms with Gasteiger partial charge in [-0.05, 0) is 151 Å². The Hall–Kier alpha value is -5.75. The van der Waals surface area contributed by atoms with Crippen LogP contribution in [0.5, 0.6) is 17.2 Å². The van der Waals surface area contributed by atoms with Gasteiger partial charge in [0.1, 0.15) is 17.2 Å². The minimum absolute atomic E-state index is 0.217. The van der Waals surface area contributed by atoms with Gasteiger partial charge in [-0.3, -0.25) is 14.4 Å². The van der Waals surface area contributed by atoms with E-state index < -0.39 is 0 Å². The highest BCUT2D eigenvalue weighted by molar-refractivity contribution is 5.77. The van der Waals surface area contributed by atoms with Crippen LogP contribution in [0, 0.1) is 0 Å². The van der Waals surface area contributed by atoms with Crippen LogP contribution in [-0.4, -0.2) is 17.9 Å². The van der Waals surface area contributed by atoms with Crippen molar-refractivity contribution in [1.29, 1.82) is 0 Å². The van der Waals surface area contributed by atoms with E-state index in [0.29, 0.717) is 36.5 Å². The van der Waals surface area contributed by atoms with E-state index in [1.165, 1.54) is 12.8 Å². The molecule has 0 fully saturated rings. The minimum atomic E-state index is -0.300. The second kappa shape index (κ2) is 48.2. The molecule has 0 aliphatic carbocycles. The zero-order valence-electron chi connectivity index (χ0n) is 46.3. The quantitative estimate of drug-likeness (QED) is 0.0216. The maximum atomic E-state index is 13.0. The molecule has 74 heavy (non-hydrogen) atoms. The summed E-state index contributed by atoms with van der Waals surface area (Å²) in [5.74, 6) is 0.388. The van der Waals surface area contributed by atoms with Crippen LogP contribution in [0.2, 0.25) is 0 Å². The van der Waals surface area contributed by atoms with Gasteiger partial charge in [-0.15, -0.1) is 0 Å². The molecule has 0 radical (unpaired) electrons. The predicted molar refractivity (Wildman–Crippen MR) is 317 cm³/mol. The Morgan fingerprint density at radius 1 is 0.311 bits per heavy atom. The first-order valence-electron chi connectivity index (χ1n) is 28.8. The van der Waals surface area contributed by atoms with Crippen molar-refractivity contribution in [2.45, 2.75) is 213 Å². The Morgan fingerprint density at radius 3 is 0.946 bits per heavy atom. The van der Waals surface area contributed by atoms with Crippen molar-refractivity contribution in [3.63, 3.8) is 0 Å². The van der Waals surface area contributed by atoms with Crippen molar-refractivity contribution in [1.82, 2.24) is 0 Å². The molecule has 0 heterocycles. The Bertz CT molecular complexity index is 1970. The summed E-state index contributed by atoms with van der Waals surface area (Å²) in [7, 11) is 0. The van der Waals surface area contributed by atoms with Gasteiger partial charge in [0.15, 0.2) is 0 Å². The van der Waals surface area contributed by atoms with Crippen molar-refractivity contribution in [2.24, 2.45) is 0 Å². The van der Waals surface area contributed by atoms with Gasteiger partial charge in [0.25, 0.3) is 0 Å². The maximum absolute atomic E-state index is 13.0. The first-order valence-corrected chi connectivity index (χ1v) is 28.8. The molecule has 0 saturated heterocycles. The van der Waals surface area contributed by atoms with Crippen molar-refractivity contribution in [3.8, 4) is 17.2 Å². The SMILES string of the molecule is CC/C=C\C/C=C\C/C=C\CCCCCCCC(=O)Oc1ccc(/C=C/c2cc(OC(=O)CCCCCCC/C=C\C/C=C\C/C=C\CC)cc(OC(=O)CCCCCCC/C=C\C/C=C\C/C=C\CC)c2)cc1. The van der Waals surface area contributed by atoms with Gasteiger partial charge in [-0.2, -0.15) is 0 Å². The number of carbonyl (C=O) groups is 3. The van der Waals surface area contributed by atoms with Gasteiger partial charge >= 0.3 is 17.9 Å². The Morgan fingerprint density at radius 2 is 0.595 bits per heavy atom. The minimum Gasteiger partial charge on any atom is -0.427 e. The fourth-order valence-electron chi connectivity index (χ4n) is 7.86. The molecule has 2 aromatic rings. The van der Waals surface area contributed by atoms with E-state index in [1.807, 2.05) is 24.3 Å². The molecule has 0 N–H and O–H groups in total. The summed E-state index contributed by atoms with van der Waals surface area (Å²) in [6.45, 7) is 6.45. The molecule has 6 nitrogen and oxygen atoms in total. The smallest absolute Gasteiger partial charge is 0.311 e. The molecule has 0 aliphatic heterocycles. The number of esters is 3. The summed E-state index contributed by atoms with van der Waals surface area (Å²) in [6, 6.07) is 12.6. The van der Waals surface area contributed by atoms with Crippen LogP contribution in [0.1, 0.15) is 225 Å². The number of rotatable bonds is 44. The van der Waals surface area contributed by atoms with Gasteiger partial charge in [-0.25, -0.2) is 0 Å². The number of hydrogen-bond donors (Lipinski definition) is 0. The third-order valence-corrected chi connectivity index (χ3v) is 12.0. The van der Waals surface area contributed by atoms with Gasteiger partial charge in [0, 0.05) is 25.3 Å². The molecule has 0 unspecified atom stereocenters. The van der Waals surface area contributed by atoms with Gasteiger partial charge in [0.05, 0.1) is 0 Å². The van der Waals surface area contributed by atoms with Crippen molar-refractivity contribution in [3.05, 3.63) is 163 Å². The van der Waals surface area contributed by atoms with Gasteiger partial charge < -0.3 is 14.2 Å². The van der Waals surface area contributed by atoms with Crippen LogP contribution < -0.4 is 14.2 Å². The monoisotopic (exact) mass is 1010 g/mol. The van der Waals surface area contributed by atoms with E-state index in [1.54, 1.807) is 30.3 Å². The molecular weight excluding hydrogens is 913 g/mol. The fourth-order valence-corrected chi connectivity index (χ4v) is 7.86. The molecular formula is C68H96O6. The molecule has 0 aliphatic rings. The largest absolute Gasteiger partial charge is 0.427 e. The van der Waals surface area contributed by atoms with E-state index in [4.69, 9.17) is 14.2 Å². The van der Waals surface area contributed by atoms with E-state index in [9.17, 15) is 14.4 Å². The van der Waals surface area contributed by atoms with E-state index in [2.05, 4.69) is 130 Å². The molecule has 0 atom stereocenters. The highest BCUT2D eigenvalue weighted by atomic mass is 16.5. The lowest BCUT2D eigenvalue weighted by Gasteiger charge is -2.10. The summed E-state index contributed by atoms with van der Waals surface area (Å²) >= 11 is 0. The van der Waals surface area contributed by atoms with Crippen LogP contribution in [0.15, 0.2) is 152 Å². The lowest BCUT2D eigenvalue weighted by molar-refractivity contribution is -0.135. The normalized spacial score (nSPS) is 12.4. The summed E-state index contributed by atoms with van der Waals surface area (Å²) < 4.78 is 17.3. The molecule has 6 heteroatoms. The second-order valence-electron chi connectivity index (χ2n) is 18.9. The average Bonchev–Trinajstić information content (AvgIpc) is 3.39. The molecule has 0 aromatic heterocycles. The third kappa shape index (κ3) is 39.7. The zero-order chi connectivity index (χ0) is 53.0. The van der Waals surface area contributed by atoms with E-state index in [0.717, 1.165) is 172 Å². The third-order valence-electron chi connectivity index (χ3n) is 12.0. The highest BCUT2D eigenvalue weighted by Gasteiger charge is 2.12. The molecule has 0 saturated carbocycles. The predicted octanol–water partition coefficient (Wildman–Crippen LogP) is 20.3. The van der Waals surface area contributed by atoms with Crippen LogP contribution in [0.25, 0.3) is 12.2 Å². The molecule has 0 spiro atoms. The van der Waals surface area contributed by atoms with Crippen molar-refractivity contribution in [2.75, 3.05) is 0 Å². The van der Waals surface area contributed by atoms with Crippen LogP contribution in [0.3, 0.4) is 0 Å². The molecule has 2 aromatic carbocycles.